The molecule has 1 aliphatic rings. The van der Waals surface area contributed by atoms with Crippen LogP contribution in [0.1, 0.15) is 23.7 Å². The second-order valence-electron chi connectivity index (χ2n) is 4.46. The highest BCUT2D eigenvalue weighted by Gasteiger charge is 2.37. The molecule has 8 heteroatoms. The summed E-state index contributed by atoms with van der Waals surface area (Å²) in [5.41, 5.74) is -0.398. The van der Waals surface area contributed by atoms with Crippen LogP contribution in [0.15, 0.2) is 6.07 Å². The Kier molecular flexibility index (Phi) is 3.79. The van der Waals surface area contributed by atoms with Gasteiger partial charge in [-0.2, -0.15) is 0 Å². The lowest BCUT2D eigenvalue weighted by Gasteiger charge is -2.29. The maximum Gasteiger partial charge on any atom is 0.286 e. The molecule has 0 spiro atoms. The summed E-state index contributed by atoms with van der Waals surface area (Å²) in [6.45, 7) is 1.48. The third-order valence-corrected chi connectivity index (χ3v) is 3.31. The number of nitrogens with zero attached hydrogens (tertiary/aromatic N) is 2. The zero-order chi connectivity index (χ0) is 15.7. The number of anilines is 1. The number of ether oxygens (including phenoxy) is 2. The van der Waals surface area contributed by atoms with Gasteiger partial charge in [-0.05, 0) is 0 Å². The van der Waals surface area contributed by atoms with Crippen LogP contribution in [0, 0.1) is 10.1 Å². The number of hydrogen-bond acceptors (Lipinski definition) is 6. The van der Waals surface area contributed by atoms with Gasteiger partial charge in [-0.1, -0.05) is 0 Å². The van der Waals surface area contributed by atoms with Gasteiger partial charge in [-0.15, -0.1) is 0 Å². The number of carbonyl (C=O) groups is 2. The summed E-state index contributed by atoms with van der Waals surface area (Å²) in [5, 5.41) is 11.2. The van der Waals surface area contributed by atoms with E-state index in [1.165, 1.54) is 26.0 Å². The van der Waals surface area contributed by atoms with Gasteiger partial charge < -0.3 is 14.4 Å². The van der Waals surface area contributed by atoms with Crippen molar-refractivity contribution in [2.45, 2.75) is 13.3 Å². The molecule has 0 unspecified atom stereocenters. The molecule has 0 radical (unpaired) electrons. The number of methoxy groups -OCH3 is 2. The van der Waals surface area contributed by atoms with Gasteiger partial charge in [0.1, 0.15) is 11.3 Å². The molecule has 0 N–H and O–H groups in total. The Morgan fingerprint density at radius 2 is 2.05 bits per heavy atom. The van der Waals surface area contributed by atoms with Crippen LogP contribution in [0.3, 0.4) is 0 Å². The highest BCUT2D eigenvalue weighted by molar-refractivity contribution is 6.13. The molecule has 0 atom stereocenters. The molecule has 0 bridgehead atoms. The second-order valence-corrected chi connectivity index (χ2v) is 4.46. The van der Waals surface area contributed by atoms with Crippen molar-refractivity contribution in [2.75, 3.05) is 25.7 Å². The van der Waals surface area contributed by atoms with Crippen LogP contribution in [0.25, 0.3) is 0 Å². The van der Waals surface area contributed by atoms with Crippen molar-refractivity contribution in [3.05, 3.63) is 21.7 Å². The summed E-state index contributed by atoms with van der Waals surface area (Å²) >= 11 is 0. The Balaban J connectivity index is 2.88. The van der Waals surface area contributed by atoms with Crippen molar-refractivity contribution in [1.82, 2.24) is 0 Å². The number of rotatable bonds is 3. The summed E-state index contributed by atoms with van der Waals surface area (Å²) in [4.78, 5) is 35.7. The fourth-order valence-electron chi connectivity index (χ4n) is 2.40. The van der Waals surface area contributed by atoms with E-state index in [2.05, 4.69) is 0 Å². The van der Waals surface area contributed by atoms with Crippen molar-refractivity contribution in [1.29, 1.82) is 0 Å². The van der Waals surface area contributed by atoms with Crippen LogP contribution in [0.2, 0.25) is 0 Å². The van der Waals surface area contributed by atoms with Gasteiger partial charge in [-0.3, -0.25) is 19.7 Å². The average Bonchev–Trinajstić information content (AvgIpc) is 2.45. The molecule has 2 rings (SSSR count). The van der Waals surface area contributed by atoms with Gasteiger partial charge in [0.05, 0.1) is 25.2 Å². The Morgan fingerprint density at radius 3 is 2.52 bits per heavy atom. The zero-order valence-electron chi connectivity index (χ0n) is 11.8. The minimum Gasteiger partial charge on any atom is -0.493 e. The fraction of sp³-hybridized carbons (Fsp3) is 0.385. The number of Topliss-reactive ketones (excluding diaryl/α,β-unsaturated/α-hetero) is 1. The number of nitro groups is 1. The van der Waals surface area contributed by atoms with Crippen molar-refractivity contribution in [2.24, 2.45) is 0 Å². The van der Waals surface area contributed by atoms with Crippen molar-refractivity contribution < 1.29 is 24.0 Å². The largest absolute Gasteiger partial charge is 0.493 e. The number of ketones is 1. The minimum absolute atomic E-state index is 0.0307. The molecule has 1 amide bonds. The standard InChI is InChI=1S/C13H14N2O6/c1-7(16)14-5-4-9(17)11-8(15(18)19)6-10(20-2)13(21-3)12(11)14/h6H,4-5H2,1-3H3. The Bertz CT molecular complexity index is 640. The Hall–Kier alpha value is -2.64. The zero-order valence-corrected chi connectivity index (χ0v) is 11.8. The number of hydrogen-bond donors (Lipinski definition) is 0. The number of nitro benzene ring substituents is 1. The smallest absolute Gasteiger partial charge is 0.286 e. The molecule has 8 nitrogen and oxygen atoms in total. The van der Waals surface area contributed by atoms with E-state index in [4.69, 9.17) is 9.47 Å². The lowest BCUT2D eigenvalue weighted by molar-refractivity contribution is -0.385. The third-order valence-electron chi connectivity index (χ3n) is 3.31. The van der Waals surface area contributed by atoms with Crippen LogP contribution in [0.4, 0.5) is 11.4 Å². The summed E-state index contributed by atoms with van der Waals surface area (Å²) in [5.74, 6) is -0.481. The molecule has 1 heterocycles. The Morgan fingerprint density at radius 1 is 1.38 bits per heavy atom. The van der Waals surface area contributed by atoms with Crippen LogP contribution >= 0.6 is 0 Å². The van der Waals surface area contributed by atoms with Crippen LogP contribution in [-0.2, 0) is 4.79 Å². The van der Waals surface area contributed by atoms with Gasteiger partial charge in [-0.25, -0.2) is 0 Å². The highest BCUT2D eigenvalue weighted by Crippen LogP contribution is 2.47. The van der Waals surface area contributed by atoms with Crippen molar-refractivity contribution in [3.8, 4) is 11.5 Å². The van der Waals surface area contributed by atoms with Gasteiger partial charge in [0.2, 0.25) is 5.91 Å². The van der Waals surface area contributed by atoms with E-state index in [-0.39, 0.29) is 41.6 Å². The minimum atomic E-state index is -0.664. The predicted octanol–water partition coefficient (Wildman–Crippen LogP) is 1.55. The maximum atomic E-state index is 12.1. The van der Waals surface area contributed by atoms with Gasteiger partial charge >= 0.3 is 0 Å². The van der Waals surface area contributed by atoms with E-state index < -0.39 is 16.4 Å². The summed E-state index contributed by atoms with van der Waals surface area (Å²) in [7, 11) is 2.68. The summed E-state index contributed by atoms with van der Waals surface area (Å²) in [6, 6.07) is 1.14. The second kappa shape index (κ2) is 5.39. The molecule has 0 fully saturated rings. The van der Waals surface area contributed by atoms with Gasteiger partial charge in [0, 0.05) is 19.9 Å². The van der Waals surface area contributed by atoms with Crippen molar-refractivity contribution >= 4 is 23.1 Å². The fourth-order valence-corrected chi connectivity index (χ4v) is 2.40. The molecule has 0 aliphatic carbocycles. The SMILES string of the molecule is COc1cc([N+](=O)[O-])c2c(c1OC)N(C(C)=O)CCC2=O. The van der Waals surface area contributed by atoms with Crippen LogP contribution < -0.4 is 14.4 Å². The summed E-state index contributed by atoms with van der Waals surface area (Å²) in [6.07, 6.45) is 0.0307. The van der Waals surface area contributed by atoms with E-state index in [0.29, 0.717) is 0 Å². The average molecular weight is 294 g/mol. The maximum absolute atomic E-state index is 12.1. The molecular formula is C13H14N2O6. The first kappa shape index (κ1) is 14.8. The first-order valence-corrected chi connectivity index (χ1v) is 6.17. The topological polar surface area (TPSA) is 99.0 Å². The van der Waals surface area contributed by atoms with E-state index in [0.717, 1.165) is 6.07 Å². The number of fused-ring (bicyclic) bond motifs is 1. The molecule has 21 heavy (non-hydrogen) atoms. The number of benzene rings is 1. The molecule has 0 saturated carbocycles. The van der Waals surface area contributed by atoms with Crippen molar-refractivity contribution in [3.63, 3.8) is 0 Å². The molecule has 0 saturated heterocycles. The van der Waals surface area contributed by atoms with Gasteiger partial charge in [0.25, 0.3) is 5.69 Å². The highest BCUT2D eigenvalue weighted by atomic mass is 16.6. The molecule has 0 aromatic heterocycles. The molecule has 1 aromatic rings. The van der Waals surface area contributed by atoms with E-state index >= 15 is 0 Å². The first-order valence-electron chi connectivity index (χ1n) is 6.17. The monoisotopic (exact) mass is 294 g/mol. The van der Waals surface area contributed by atoms with E-state index in [1.807, 2.05) is 0 Å². The van der Waals surface area contributed by atoms with E-state index in [9.17, 15) is 19.7 Å². The normalized spacial score (nSPS) is 13.7. The summed E-state index contributed by atoms with van der Waals surface area (Å²) < 4.78 is 10.3. The van der Waals surface area contributed by atoms with Crippen LogP contribution in [0.5, 0.6) is 11.5 Å². The molecule has 1 aliphatic heterocycles. The number of amides is 1. The molecule has 112 valence electrons. The lowest BCUT2D eigenvalue weighted by atomic mass is 9.97. The predicted molar refractivity (Wildman–Crippen MR) is 73.2 cm³/mol. The number of carbonyl (C=O) groups excluding carboxylic acids is 2. The quantitative estimate of drug-likeness (QED) is 0.619. The first-order chi connectivity index (χ1) is 9.92. The lowest BCUT2D eigenvalue weighted by Crippen LogP contribution is -2.36. The van der Waals surface area contributed by atoms with Gasteiger partial charge in [0.15, 0.2) is 17.3 Å². The van der Waals surface area contributed by atoms with E-state index in [1.54, 1.807) is 0 Å². The molecular weight excluding hydrogens is 280 g/mol. The molecule has 1 aromatic carbocycles. The third kappa shape index (κ3) is 2.28. The van der Waals surface area contributed by atoms with Crippen LogP contribution in [-0.4, -0.2) is 37.4 Å². The Labute approximate surface area is 120 Å².